The maximum absolute atomic E-state index is 5.38. The molecule has 0 aliphatic rings. The number of aromatic nitrogens is 5. The Labute approximate surface area is 131 Å². The SMILES string of the molecule is COc1cc2ncnc(-n3nnc4ccccc43)c2cc1OC. The molecule has 2 heterocycles. The third kappa shape index (κ3) is 2.05. The smallest absolute Gasteiger partial charge is 0.167 e. The highest BCUT2D eigenvalue weighted by Crippen LogP contribution is 2.33. The van der Waals surface area contributed by atoms with Crippen LogP contribution in [-0.4, -0.2) is 39.2 Å². The number of nitrogens with zero attached hydrogens (tertiary/aromatic N) is 5. The van der Waals surface area contributed by atoms with Crippen LogP contribution in [0.25, 0.3) is 27.8 Å². The van der Waals surface area contributed by atoms with Gasteiger partial charge < -0.3 is 9.47 Å². The topological polar surface area (TPSA) is 75.0 Å². The predicted molar refractivity (Wildman–Crippen MR) is 85.1 cm³/mol. The fourth-order valence-electron chi connectivity index (χ4n) is 2.56. The van der Waals surface area contributed by atoms with Crippen molar-refractivity contribution in [3.05, 3.63) is 42.7 Å². The van der Waals surface area contributed by atoms with Gasteiger partial charge in [-0.3, -0.25) is 0 Å². The molecule has 0 aliphatic carbocycles. The molecule has 0 fully saturated rings. The van der Waals surface area contributed by atoms with Crippen LogP contribution in [0.15, 0.2) is 42.7 Å². The Kier molecular flexibility index (Phi) is 3.04. The third-order valence-electron chi connectivity index (χ3n) is 3.67. The van der Waals surface area contributed by atoms with E-state index in [0.29, 0.717) is 17.3 Å². The lowest BCUT2D eigenvalue weighted by molar-refractivity contribution is 0.355. The van der Waals surface area contributed by atoms with Gasteiger partial charge in [-0.1, -0.05) is 17.3 Å². The number of ether oxygens (including phenoxy) is 2. The zero-order chi connectivity index (χ0) is 15.8. The average Bonchev–Trinajstić information content (AvgIpc) is 3.03. The number of hydrogen-bond donors (Lipinski definition) is 0. The van der Waals surface area contributed by atoms with Crippen LogP contribution < -0.4 is 9.47 Å². The number of para-hydroxylation sites is 1. The monoisotopic (exact) mass is 307 g/mol. The minimum Gasteiger partial charge on any atom is -0.493 e. The first kappa shape index (κ1) is 13.4. The first-order valence-corrected chi connectivity index (χ1v) is 6.99. The summed E-state index contributed by atoms with van der Waals surface area (Å²) in [5.74, 6) is 1.87. The summed E-state index contributed by atoms with van der Waals surface area (Å²) in [5.41, 5.74) is 2.43. The van der Waals surface area contributed by atoms with Gasteiger partial charge in [-0.25, -0.2) is 9.97 Å². The molecule has 23 heavy (non-hydrogen) atoms. The molecule has 7 heteroatoms. The van der Waals surface area contributed by atoms with Crippen molar-refractivity contribution in [1.82, 2.24) is 25.0 Å². The summed E-state index contributed by atoms with van der Waals surface area (Å²) in [5, 5.41) is 9.20. The number of rotatable bonds is 3. The Hall–Kier alpha value is -3.22. The second-order valence-electron chi connectivity index (χ2n) is 4.91. The van der Waals surface area contributed by atoms with E-state index in [4.69, 9.17) is 9.47 Å². The van der Waals surface area contributed by atoms with E-state index in [1.165, 1.54) is 6.33 Å². The van der Waals surface area contributed by atoms with Crippen LogP contribution in [-0.2, 0) is 0 Å². The molecule has 4 rings (SSSR count). The van der Waals surface area contributed by atoms with Crippen molar-refractivity contribution in [2.24, 2.45) is 0 Å². The number of methoxy groups -OCH3 is 2. The molecule has 0 spiro atoms. The van der Waals surface area contributed by atoms with E-state index in [0.717, 1.165) is 21.9 Å². The highest BCUT2D eigenvalue weighted by Gasteiger charge is 2.14. The van der Waals surface area contributed by atoms with Crippen molar-refractivity contribution < 1.29 is 9.47 Å². The highest BCUT2D eigenvalue weighted by atomic mass is 16.5. The molecule has 7 nitrogen and oxygen atoms in total. The van der Waals surface area contributed by atoms with Crippen molar-refractivity contribution in [3.8, 4) is 17.3 Å². The summed E-state index contributed by atoms with van der Waals surface area (Å²) in [6.45, 7) is 0. The molecule has 0 saturated carbocycles. The van der Waals surface area contributed by atoms with E-state index in [2.05, 4.69) is 20.3 Å². The van der Waals surface area contributed by atoms with Gasteiger partial charge in [-0.15, -0.1) is 5.10 Å². The van der Waals surface area contributed by atoms with Gasteiger partial charge in [0.2, 0.25) is 0 Å². The molecular formula is C16H13N5O2. The maximum atomic E-state index is 5.38. The van der Waals surface area contributed by atoms with Crippen molar-refractivity contribution in [2.75, 3.05) is 14.2 Å². The van der Waals surface area contributed by atoms with E-state index < -0.39 is 0 Å². The minimum atomic E-state index is 0.612. The molecule has 0 aliphatic heterocycles. The molecule has 0 bridgehead atoms. The largest absolute Gasteiger partial charge is 0.493 e. The van der Waals surface area contributed by atoms with E-state index in [1.54, 1.807) is 18.9 Å². The lowest BCUT2D eigenvalue weighted by Gasteiger charge is -2.10. The van der Waals surface area contributed by atoms with Crippen LogP contribution >= 0.6 is 0 Å². The van der Waals surface area contributed by atoms with Gasteiger partial charge in [0, 0.05) is 11.5 Å². The van der Waals surface area contributed by atoms with Gasteiger partial charge in [0.05, 0.1) is 25.3 Å². The van der Waals surface area contributed by atoms with E-state index in [-0.39, 0.29) is 0 Å². The van der Waals surface area contributed by atoms with Gasteiger partial charge in [0.15, 0.2) is 17.3 Å². The normalized spacial score (nSPS) is 11.0. The Bertz CT molecular complexity index is 1010. The predicted octanol–water partition coefficient (Wildman–Crippen LogP) is 2.38. The van der Waals surface area contributed by atoms with Crippen LogP contribution in [0.2, 0.25) is 0 Å². The first-order chi connectivity index (χ1) is 11.3. The molecule has 0 radical (unpaired) electrons. The van der Waals surface area contributed by atoms with Crippen LogP contribution in [0.5, 0.6) is 11.5 Å². The Morgan fingerprint density at radius 3 is 2.52 bits per heavy atom. The zero-order valence-corrected chi connectivity index (χ0v) is 12.6. The second-order valence-corrected chi connectivity index (χ2v) is 4.91. The fourth-order valence-corrected chi connectivity index (χ4v) is 2.56. The molecular weight excluding hydrogens is 294 g/mol. The molecule has 4 aromatic rings. The third-order valence-corrected chi connectivity index (χ3v) is 3.67. The Morgan fingerprint density at radius 1 is 0.913 bits per heavy atom. The van der Waals surface area contributed by atoms with E-state index in [9.17, 15) is 0 Å². The molecule has 2 aromatic carbocycles. The Balaban J connectivity index is 2.03. The lowest BCUT2D eigenvalue weighted by Crippen LogP contribution is -2.02. The molecule has 0 unspecified atom stereocenters. The van der Waals surface area contributed by atoms with Gasteiger partial charge in [0.25, 0.3) is 0 Å². The van der Waals surface area contributed by atoms with Gasteiger partial charge in [-0.05, 0) is 18.2 Å². The van der Waals surface area contributed by atoms with Gasteiger partial charge in [-0.2, -0.15) is 4.68 Å². The molecule has 2 aromatic heterocycles. The van der Waals surface area contributed by atoms with Gasteiger partial charge in [0.1, 0.15) is 11.8 Å². The summed E-state index contributed by atoms with van der Waals surface area (Å²) >= 11 is 0. The molecule has 0 saturated heterocycles. The van der Waals surface area contributed by atoms with Crippen molar-refractivity contribution >= 4 is 21.9 Å². The second kappa shape index (κ2) is 5.20. The number of fused-ring (bicyclic) bond motifs is 2. The summed E-state index contributed by atoms with van der Waals surface area (Å²) in [7, 11) is 3.19. The van der Waals surface area contributed by atoms with E-state index >= 15 is 0 Å². The summed E-state index contributed by atoms with van der Waals surface area (Å²) in [4.78, 5) is 8.69. The highest BCUT2D eigenvalue weighted by molar-refractivity contribution is 5.90. The van der Waals surface area contributed by atoms with E-state index in [1.807, 2.05) is 36.4 Å². The van der Waals surface area contributed by atoms with Crippen LogP contribution in [0.3, 0.4) is 0 Å². The van der Waals surface area contributed by atoms with Crippen LogP contribution in [0.4, 0.5) is 0 Å². The molecule has 0 amide bonds. The van der Waals surface area contributed by atoms with Crippen molar-refractivity contribution in [2.45, 2.75) is 0 Å². The van der Waals surface area contributed by atoms with Crippen LogP contribution in [0, 0.1) is 0 Å². The maximum Gasteiger partial charge on any atom is 0.167 e. The van der Waals surface area contributed by atoms with Crippen LogP contribution in [0.1, 0.15) is 0 Å². The summed E-state index contributed by atoms with van der Waals surface area (Å²) in [6.07, 6.45) is 1.50. The minimum absolute atomic E-state index is 0.612. The molecule has 0 atom stereocenters. The lowest BCUT2D eigenvalue weighted by atomic mass is 10.2. The quantitative estimate of drug-likeness (QED) is 0.578. The fraction of sp³-hybridized carbons (Fsp3) is 0.125. The average molecular weight is 307 g/mol. The van der Waals surface area contributed by atoms with Crippen molar-refractivity contribution in [3.63, 3.8) is 0 Å². The standard InChI is InChI=1S/C16H13N5O2/c1-22-14-7-10-12(8-15(14)23-2)17-9-18-16(10)21-13-6-4-3-5-11(13)19-20-21/h3-9H,1-2H3. The Morgan fingerprint density at radius 2 is 1.70 bits per heavy atom. The number of hydrogen-bond acceptors (Lipinski definition) is 6. The molecule has 0 N–H and O–H groups in total. The van der Waals surface area contributed by atoms with Crippen molar-refractivity contribution in [1.29, 1.82) is 0 Å². The number of benzene rings is 2. The first-order valence-electron chi connectivity index (χ1n) is 6.99. The zero-order valence-electron chi connectivity index (χ0n) is 12.6. The summed E-state index contributed by atoms with van der Waals surface area (Å²) < 4.78 is 12.4. The molecule has 114 valence electrons. The summed E-state index contributed by atoms with van der Waals surface area (Å²) in [6, 6.07) is 11.4. The van der Waals surface area contributed by atoms with Gasteiger partial charge >= 0.3 is 0 Å².